The van der Waals surface area contributed by atoms with E-state index in [0.29, 0.717) is 13.1 Å². The number of halogens is 3. The van der Waals surface area contributed by atoms with E-state index in [4.69, 9.17) is 0 Å². The van der Waals surface area contributed by atoms with Gasteiger partial charge in [-0.3, -0.25) is 4.90 Å². The minimum Gasteiger partial charge on any atom is -0.295 e. The van der Waals surface area contributed by atoms with Gasteiger partial charge in [-0.15, -0.1) is 0 Å². The zero-order valence-electron chi connectivity index (χ0n) is 8.82. The highest BCUT2D eigenvalue weighted by atomic mass is 19.4. The van der Waals surface area contributed by atoms with Crippen LogP contribution < -0.4 is 0 Å². The Morgan fingerprint density at radius 3 is 2.36 bits per heavy atom. The van der Waals surface area contributed by atoms with Crippen molar-refractivity contribution in [1.29, 1.82) is 0 Å². The van der Waals surface area contributed by atoms with E-state index in [1.165, 1.54) is 4.90 Å². The van der Waals surface area contributed by atoms with Crippen LogP contribution in [0.4, 0.5) is 13.2 Å². The molecule has 0 aromatic carbocycles. The van der Waals surface area contributed by atoms with Crippen LogP contribution in [0.25, 0.3) is 0 Å². The summed E-state index contributed by atoms with van der Waals surface area (Å²) >= 11 is 0. The SMILES string of the molecule is CC1(C)CCCN(CC(F)(F)F)CC1. The molecule has 1 aliphatic heterocycles. The van der Waals surface area contributed by atoms with Gasteiger partial charge in [-0.05, 0) is 37.8 Å². The second-order valence-electron chi connectivity index (χ2n) is 4.91. The van der Waals surface area contributed by atoms with Crippen molar-refractivity contribution in [3.05, 3.63) is 0 Å². The highest BCUT2D eigenvalue weighted by molar-refractivity contribution is 4.77. The first-order chi connectivity index (χ1) is 6.29. The summed E-state index contributed by atoms with van der Waals surface area (Å²) in [5, 5.41) is 0. The van der Waals surface area contributed by atoms with Crippen LogP contribution in [-0.4, -0.2) is 30.7 Å². The number of hydrogen-bond acceptors (Lipinski definition) is 1. The minimum atomic E-state index is -4.05. The van der Waals surface area contributed by atoms with Crippen molar-refractivity contribution in [1.82, 2.24) is 4.90 Å². The molecule has 84 valence electrons. The van der Waals surface area contributed by atoms with Crippen molar-refractivity contribution in [2.45, 2.75) is 39.3 Å². The largest absolute Gasteiger partial charge is 0.401 e. The van der Waals surface area contributed by atoms with E-state index in [-0.39, 0.29) is 5.41 Å². The molecule has 0 amide bonds. The van der Waals surface area contributed by atoms with Gasteiger partial charge in [0.15, 0.2) is 0 Å². The van der Waals surface area contributed by atoms with Gasteiger partial charge in [0.25, 0.3) is 0 Å². The zero-order chi connectivity index (χ0) is 10.8. The summed E-state index contributed by atoms with van der Waals surface area (Å²) in [5.41, 5.74) is 0.209. The smallest absolute Gasteiger partial charge is 0.295 e. The standard InChI is InChI=1S/C10H18F3N/c1-9(2)4-3-6-14(7-5-9)8-10(11,12)13/h3-8H2,1-2H3. The van der Waals surface area contributed by atoms with Crippen LogP contribution in [0.2, 0.25) is 0 Å². The normalized spacial score (nSPS) is 24.6. The van der Waals surface area contributed by atoms with Crippen LogP contribution in [-0.2, 0) is 0 Å². The molecule has 0 spiro atoms. The Morgan fingerprint density at radius 1 is 1.14 bits per heavy atom. The summed E-state index contributed by atoms with van der Waals surface area (Å²) in [5.74, 6) is 0. The molecule has 4 heteroatoms. The molecule has 1 nitrogen and oxygen atoms in total. The monoisotopic (exact) mass is 209 g/mol. The van der Waals surface area contributed by atoms with E-state index < -0.39 is 12.7 Å². The summed E-state index contributed by atoms with van der Waals surface area (Å²) in [4.78, 5) is 1.52. The molecular formula is C10H18F3N. The maximum atomic E-state index is 12.1. The van der Waals surface area contributed by atoms with Gasteiger partial charge in [0.1, 0.15) is 0 Å². The lowest BCUT2D eigenvalue weighted by Crippen LogP contribution is -2.35. The fourth-order valence-electron chi connectivity index (χ4n) is 1.89. The fraction of sp³-hybridized carbons (Fsp3) is 1.00. The maximum Gasteiger partial charge on any atom is 0.401 e. The molecule has 1 saturated heterocycles. The molecule has 0 atom stereocenters. The molecule has 1 rings (SSSR count). The molecule has 14 heavy (non-hydrogen) atoms. The molecule has 0 N–H and O–H groups in total. The van der Waals surface area contributed by atoms with Gasteiger partial charge < -0.3 is 0 Å². The number of likely N-dealkylation sites (tertiary alicyclic amines) is 1. The van der Waals surface area contributed by atoms with Crippen molar-refractivity contribution in [3.8, 4) is 0 Å². The van der Waals surface area contributed by atoms with Gasteiger partial charge in [0.05, 0.1) is 6.54 Å². The Morgan fingerprint density at radius 2 is 1.79 bits per heavy atom. The van der Waals surface area contributed by atoms with E-state index in [0.717, 1.165) is 19.3 Å². The molecule has 0 aromatic rings. The second kappa shape index (κ2) is 4.09. The first-order valence-corrected chi connectivity index (χ1v) is 5.08. The second-order valence-corrected chi connectivity index (χ2v) is 4.91. The molecule has 0 unspecified atom stereocenters. The number of rotatable bonds is 1. The minimum absolute atomic E-state index is 0.209. The first-order valence-electron chi connectivity index (χ1n) is 5.08. The quantitative estimate of drug-likeness (QED) is 0.641. The number of hydrogen-bond donors (Lipinski definition) is 0. The highest BCUT2D eigenvalue weighted by Crippen LogP contribution is 2.30. The third-order valence-electron chi connectivity index (χ3n) is 2.84. The van der Waals surface area contributed by atoms with Gasteiger partial charge >= 0.3 is 6.18 Å². The zero-order valence-corrected chi connectivity index (χ0v) is 8.82. The van der Waals surface area contributed by atoms with E-state index in [2.05, 4.69) is 13.8 Å². The predicted octanol–water partition coefficient (Wildman–Crippen LogP) is 3.06. The lowest BCUT2D eigenvalue weighted by Gasteiger charge is -2.23. The van der Waals surface area contributed by atoms with Crippen molar-refractivity contribution < 1.29 is 13.2 Å². The average Bonchev–Trinajstić information content (AvgIpc) is 2.10. The topological polar surface area (TPSA) is 3.24 Å². The average molecular weight is 209 g/mol. The summed E-state index contributed by atoms with van der Waals surface area (Å²) in [7, 11) is 0. The Hall–Kier alpha value is -0.250. The van der Waals surface area contributed by atoms with Crippen LogP contribution in [0.5, 0.6) is 0 Å². The van der Waals surface area contributed by atoms with Crippen molar-refractivity contribution in [3.63, 3.8) is 0 Å². The van der Waals surface area contributed by atoms with Crippen LogP contribution in [0, 0.1) is 5.41 Å². The van der Waals surface area contributed by atoms with Crippen LogP contribution >= 0.6 is 0 Å². The summed E-state index contributed by atoms with van der Waals surface area (Å²) in [6, 6.07) is 0. The van der Waals surface area contributed by atoms with Gasteiger partial charge in [-0.2, -0.15) is 13.2 Å². The molecule has 1 fully saturated rings. The number of nitrogens with zero attached hydrogens (tertiary/aromatic N) is 1. The molecule has 0 aromatic heterocycles. The molecule has 0 radical (unpaired) electrons. The van der Waals surface area contributed by atoms with E-state index in [9.17, 15) is 13.2 Å². The van der Waals surface area contributed by atoms with Gasteiger partial charge in [-0.1, -0.05) is 13.8 Å². The van der Waals surface area contributed by atoms with Crippen LogP contribution in [0.3, 0.4) is 0 Å². The Bertz CT molecular complexity index is 186. The van der Waals surface area contributed by atoms with Crippen LogP contribution in [0.1, 0.15) is 33.1 Å². The van der Waals surface area contributed by atoms with Crippen molar-refractivity contribution in [2.24, 2.45) is 5.41 Å². The maximum absolute atomic E-state index is 12.1. The predicted molar refractivity (Wildman–Crippen MR) is 50.1 cm³/mol. The molecule has 1 aliphatic rings. The van der Waals surface area contributed by atoms with Crippen molar-refractivity contribution in [2.75, 3.05) is 19.6 Å². The molecular weight excluding hydrogens is 191 g/mol. The van der Waals surface area contributed by atoms with Gasteiger partial charge in [0.2, 0.25) is 0 Å². The Kier molecular flexibility index (Phi) is 3.45. The molecule has 0 saturated carbocycles. The third-order valence-corrected chi connectivity index (χ3v) is 2.84. The lowest BCUT2D eigenvalue weighted by atomic mass is 9.85. The first kappa shape index (κ1) is 11.8. The molecule has 1 heterocycles. The Balaban J connectivity index is 2.43. The lowest BCUT2D eigenvalue weighted by molar-refractivity contribution is -0.145. The third kappa shape index (κ3) is 4.31. The van der Waals surface area contributed by atoms with Crippen LogP contribution in [0.15, 0.2) is 0 Å². The van der Waals surface area contributed by atoms with E-state index in [1.54, 1.807) is 0 Å². The van der Waals surface area contributed by atoms with E-state index >= 15 is 0 Å². The van der Waals surface area contributed by atoms with E-state index in [1.807, 2.05) is 0 Å². The van der Waals surface area contributed by atoms with Crippen molar-refractivity contribution >= 4 is 0 Å². The number of alkyl halides is 3. The van der Waals surface area contributed by atoms with Gasteiger partial charge in [0, 0.05) is 0 Å². The summed E-state index contributed by atoms with van der Waals surface area (Å²) in [6.07, 6.45) is -1.28. The van der Waals surface area contributed by atoms with Gasteiger partial charge in [-0.25, -0.2) is 0 Å². The fourth-order valence-corrected chi connectivity index (χ4v) is 1.89. The summed E-state index contributed by atoms with van der Waals surface area (Å²) in [6.45, 7) is 4.67. The molecule has 0 aliphatic carbocycles. The molecule has 0 bridgehead atoms. The highest BCUT2D eigenvalue weighted by Gasteiger charge is 2.32. The summed E-state index contributed by atoms with van der Waals surface area (Å²) < 4.78 is 36.4. The Labute approximate surface area is 83.3 Å².